The number of hydrogen-bond donors (Lipinski definition) is 2. The predicted molar refractivity (Wildman–Crippen MR) is 107 cm³/mol. The van der Waals surface area contributed by atoms with Crippen LogP contribution in [0.4, 0.5) is 4.39 Å². The van der Waals surface area contributed by atoms with Crippen molar-refractivity contribution in [1.29, 1.82) is 0 Å². The molecule has 1 aromatic carbocycles. The third-order valence-corrected chi connectivity index (χ3v) is 6.47. The molecule has 0 atom stereocenters. The van der Waals surface area contributed by atoms with Crippen LogP contribution in [0.5, 0.6) is 0 Å². The standard InChI is InChI=1S/C22H32FN3O2/c23-19-6-4-17(5-7-19)15-25-21(28)18-8-12-26(13-9-18)20(27)14-22(16-24)10-2-1-3-11-22/h4-7,18H,1-3,8-16,24H2,(H,25,28). The molecule has 1 aliphatic heterocycles. The lowest BCUT2D eigenvalue weighted by atomic mass is 9.71. The molecule has 5 nitrogen and oxygen atoms in total. The molecule has 0 aromatic heterocycles. The summed E-state index contributed by atoms with van der Waals surface area (Å²) in [5.41, 5.74) is 6.88. The van der Waals surface area contributed by atoms with Gasteiger partial charge in [-0.1, -0.05) is 31.4 Å². The molecule has 0 radical (unpaired) electrons. The van der Waals surface area contributed by atoms with Gasteiger partial charge in [0.1, 0.15) is 5.82 Å². The molecule has 6 heteroatoms. The molecule has 3 rings (SSSR count). The molecule has 2 aliphatic rings. The minimum absolute atomic E-state index is 0.0152. The number of likely N-dealkylation sites (tertiary alicyclic amines) is 1. The van der Waals surface area contributed by atoms with E-state index in [1.807, 2.05) is 4.90 Å². The molecule has 0 unspecified atom stereocenters. The smallest absolute Gasteiger partial charge is 0.223 e. The minimum atomic E-state index is -0.281. The van der Waals surface area contributed by atoms with E-state index in [0.29, 0.717) is 45.4 Å². The van der Waals surface area contributed by atoms with E-state index in [-0.39, 0.29) is 29.0 Å². The van der Waals surface area contributed by atoms with Crippen LogP contribution in [0.15, 0.2) is 24.3 Å². The summed E-state index contributed by atoms with van der Waals surface area (Å²) in [6.07, 6.45) is 7.61. The quantitative estimate of drug-likeness (QED) is 0.785. The summed E-state index contributed by atoms with van der Waals surface area (Å²) in [6, 6.07) is 6.14. The summed E-state index contributed by atoms with van der Waals surface area (Å²) < 4.78 is 12.9. The molecule has 2 amide bonds. The number of amides is 2. The molecular weight excluding hydrogens is 357 g/mol. The summed E-state index contributed by atoms with van der Waals surface area (Å²) in [7, 11) is 0. The Morgan fingerprint density at radius 2 is 1.75 bits per heavy atom. The summed E-state index contributed by atoms with van der Waals surface area (Å²) in [5, 5.41) is 2.93. The maximum Gasteiger partial charge on any atom is 0.223 e. The monoisotopic (exact) mass is 389 g/mol. The number of hydrogen-bond acceptors (Lipinski definition) is 3. The number of nitrogens with one attached hydrogen (secondary N) is 1. The van der Waals surface area contributed by atoms with Gasteiger partial charge in [-0.2, -0.15) is 0 Å². The van der Waals surface area contributed by atoms with Gasteiger partial charge >= 0.3 is 0 Å². The highest BCUT2D eigenvalue weighted by molar-refractivity contribution is 5.80. The van der Waals surface area contributed by atoms with Crippen molar-refractivity contribution in [2.45, 2.75) is 57.9 Å². The Hall–Kier alpha value is -1.95. The van der Waals surface area contributed by atoms with E-state index in [4.69, 9.17) is 5.73 Å². The van der Waals surface area contributed by atoms with Crippen molar-refractivity contribution in [2.75, 3.05) is 19.6 Å². The highest BCUT2D eigenvalue weighted by Gasteiger charge is 2.35. The number of piperidine rings is 1. The van der Waals surface area contributed by atoms with Gasteiger partial charge in [0.25, 0.3) is 0 Å². The van der Waals surface area contributed by atoms with E-state index >= 15 is 0 Å². The van der Waals surface area contributed by atoms with Gasteiger partial charge in [-0.05, 0) is 55.3 Å². The molecule has 3 N–H and O–H groups in total. The first-order valence-electron chi connectivity index (χ1n) is 10.5. The summed E-state index contributed by atoms with van der Waals surface area (Å²) in [5.74, 6) is -0.140. The number of nitrogens with zero attached hydrogens (tertiary/aromatic N) is 1. The SMILES string of the molecule is NCC1(CC(=O)N2CCC(C(=O)NCc3ccc(F)cc3)CC2)CCCCC1. The predicted octanol–water partition coefficient (Wildman–Crippen LogP) is 2.98. The largest absolute Gasteiger partial charge is 0.352 e. The molecule has 0 bridgehead atoms. The second-order valence-electron chi connectivity index (χ2n) is 8.44. The number of carbonyl (C=O) groups excluding carboxylic acids is 2. The highest BCUT2D eigenvalue weighted by atomic mass is 19.1. The Labute approximate surface area is 166 Å². The van der Waals surface area contributed by atoms with Crippen LogP contribution in [-0.4, -0.2) is 36.3 Å². The molecule has 1 heterocycles. The molecule has 1 aromatic rings. The molecule has 1 aliphatic carbocycles. The molecule has 0 spiro atoms. The lowest BCUT2D eigenvalue weighted by Gasteiger charge is -2.38. The molecule has 1 saturated heterocycles. The number of benzene rings is 1. The van der Waals surface area contributed by atoms with Crippen LogP contribution in [0.2, 0.25) is 0 Å². The average Bonchev–Trinajstić information content (AvgIpc) is 2.74. The normalized spacial score (nSPS) is 20.0. The molecule has 2 fully saturated rings. The summed E-state index contributed by atoms with van der Waals surface area (Å²) >= 11 is 0. The zero-order valence-corrected chi connectivity index (χ0v) is 16.6. The van der Waals surface area contributed by atoms with E-state index < -0.39 is 0 Å². The van der Waals surface area contributed by atoms with E-state index in [0.717, 1.165) is 18.4 Å². The Kier molecular flexibility index (Phi) is 7.05. The molecule has 28 heavy (non-hydrogen) atoms. The van der Waals surface area contributed by atoms with Crippen LogP contribution < -0.4 is 11.1 Å². The van der Waals surface area contributed by atoms with Crippen molar-refractivity contribution in [2.24, 2.45) is 17.1 Å². The van der Waals surface area contributed by atoms with Crippen molar-refractivity contribution in [3.05, 3.63) is 35.6 Å². The van der Waals surface area contributed by atoms with E-state index in [1.165, 1.54) is 31.4 Å². The van der Waals surface area contributed by atoms with Crippen molar-refractivity contribution in [1.82, 2.24) is 10.2 Å². The van der Waals surface area contributed by atoms with Gasteiger partial charge in [-0.15, -0.1) is 0 Å². The van der Waals surface area contributed by atoms with Crippen LogP contribution >= 0.6 is 0 Å². The van der Waals surface area contributed by atoms with Crippen LogP contribution in [0, 0.1) is 17.2 Å². The van der Waals surface area contributed by atoms with Crippen LogP contribution in [0.1, 0.15) is 56.9 Å². The lowest BCUT2D eigenvalue weighted by molar-refractivity contribution is -0.138. The first kappa shape index (κ1) is 20.8. The number of carbonyl (C=O) groups is 2. The first-order valence-corrected chi connectivity index (χ1v) is 10.5. The Balaban J connectivity index is 1.43. The Morgan fingerprint density at radius 3 is 2.36 bits per heavy atom. The Bertz CT molecular complexity index is 663. The number of halogens is 1. The minimum Gasteiger partial charge on any atom is -0.352 e. The molecule has 1 saturated carbocycles. The van der Waals surface area contributed by atoms with Crippen molar-refractivity contribution >= 4 is 11.8 Å². The average molecular weight is 390 g/mol. The fourth-order valence-electron chi connectivity index (χ4n) is 4.51. The van der Waals surface area contributed by atoms with Gasteiger partial charge < -0.3 is 16.0 Å². The zero-order chi connectivity index (χ0) is 20.0. The number of rotatable bonds is 6. The van der Waals surface area contributed by atoms with Crippen molar-refractivity contribution in [3.8, 4) is 0 Å². The van der Waals surface area contributed by atoms with Gasteiger partial charge in [-0.3, -0.25) is 9.59 Å². The highest BCUT2D eigenvalue weighted by Crippen LogP contribution is 2.39. The maximum atomic E-state index is 12.9. The van der Waals surface area contributed by atoms with Crippen LogP contribution in [-0.2, 0) is 16.1 Å². The number of nitrogens with two attached hydrogens (primary N) is 1. The fraction of sp³-hybridized carbons (Fsp3) is 0.636. The topological polar surface area (TPSA) is 75.4 Å². The second-order valence-corrected chi connectivity index (χ2v) is 8.44. The van der Waals surface area contributed by atoms with Gasteiger partial charge in [0.2, 0.25) is 11.8 Å². The van der Waals surface area contributed by atoms with E-state index in [1.54, 1.807) is 12.1 Å². The fourth-order valence-corrected chi connectivity index (χ4v) is 4.51. The van der Waals surface area contributed by atoms with Crippen molar-refractivity contribution < 1.29 is 14.0 Å². The summed E-state index contributed by atoms with van der Waals surface area (Å²) in [6.45, 7) is 2.25. The Morgan fingerprint density at radius 1 is 1.11 bits per heavy atom. The van der Waals surface area contributed by atoms with E-state index in [2.05, 4.69) is 5.32 Å². The lowest BCUT2D eigenvalue weighted by Crippen LogP contribution is -2.45. The van der Waals surface area contributed by atoms with Crippen LogP contribution in [0.3, 0.4) is 0 Å². The second kappa shape index (κ2) is 9.50. The van der Waals surface area contributed by atoms with Gasteiger partial charge in [-0.25, -0.2) is 4.39 Å². The summed E-state index contributed by atoms with van der Waals surface area (Å²) in [4.78, 5) is 27.1. The first-order chi connectivity index (χ1) is 13.5. The van der Waals surface area contributed by atoms with Gasteiger partial charge in [0.05, 0.1) is 0 Å². The molecular formula is C22H32FN3O2. The zero-order valence-electron chi connectivity index (χ0n) is 16.6. The van der Waals surface area contributed by atoms with Crippen molar-refractivity contribution in [3.63, 3.8) is 0 Å². The van der Waals surface area contributed by atoms with Crippen LogP contribution in [0.25, 0.3) is 0 Å². The van der Waals surface area contributed by atoms with E-state index in [9.17, 15) is 14.0 Å². The van der Waals surface area contributed by atoms with Gasteiger partial charge in [0, 0.05) is 32.0 Å². The maximum absolute atomic E-state index is 12.9. The third-order valence-electron chi connectivity index (χ3n) is 6.47. The molecule has 154 valence electrons. The third kappa shape index (κ3) is 5.31. The van der Waals surface area contributed by atoms with Gasteiger partial charge in [0.15, 0.2) is 0 Å².